The lowest BCUT2D eigenvalue weighted by Crippen LogP contribution is -2.38. The Morgan fingerprint density at radius 1 is 1.18 bits per heavy atom. The number of aryl methyl sites for hydroxylation is 1. The van der Waals surface area contributed by atoms with Crippen LogP contribution in [0.25, 0.3) is 0 Å². The van der Waals surface area contributed by atoms with Crippen LogP contribution in [0.2, 0.25) is 0 Å². The smallest absolute Gasteiger partial charge is 0.262 e. The van der Waals surface area contributed by atoms with E-state index < -0.39 is 10.0 Å². The fraction of sp³-hybridized carbons (Fsp3) is 0.421. The molecule has 2 aromatic rings. The van der Waals surface area contributed by atoms with Crippen LogP contribution in [0.1, 0.15) is 20.8 Å². The normalized spacial score (nSPS) is 15.5. The second kappa shape index (κ2) is 10.2. The number of sulfonamides is 1. The van der Waals surface area contributed by atoms with E-state index in [1.807, 2.05) is 0 Å². The Hall–Kier alpha value is -1.00. The first-order valence-corrected chi connectivity index (χ1v) is 13.7. The highest BCUT2D eigenvalue weighted by molar-refractivity contribution is 7.99. The summed E-state index contributed by atoms with van der Waals surface area (Å²) in [5.41, 5.74) is 2.50. The van der Waals surface area contributed by atoms with E-state index >= 15 is 0 Å². The molecule has 1 aromatic carbocycles. The molecule has 0 atom stereocenters. The molecule has 1 amide bonds. The van der Waals surface area contributed by atoms with Crippen LogP contribution < -0.4 is 5.32 Å². The van der Waals surface area contributed by atoms with E-state index in [0.717, 1.165) is 23.0 Å². The minimum atomic E-state index is -3.60. The van der Waals surface area contributed by atoms with Crippen LogP contribution >= 0.6 is 34.9 Å². The molecule has 0 radical (unpaired) electrons. The Balaban J connectivity index is 1.51. The van der Waals surface area contributed by atoms with Crippen molar-refractivity contribution in [1.82, 2.24) is 9.62 Å². The van der Waals surface area contributed by atoms with Crippen molar-refractivity contribution in [2.45, 2.75) is 17.6 Å². The minimum Gasteiger partial charge on any atom is -0.350 e. The molecule has 0 spiro atoms. The van der Waals surface area contributed by atoms with Gasteiger partial charge in [-0.25, -0.2) is 8.42 Å². The van der Waals surface area contributed by atoms with Gasteiger partial charge in [-0.15, -0.1) is 11.3 Å². The molecule has 1 fully saturated rings. The number of nitrogens with one attached hydrogen (secondary N) is 1. The van der Waals surface area contributed by atoms with Gasteiger partial charge in [0, 0.05) is 42.6 Å². The molecular weight excluding hydrogens is 432 g/mol. The summed E-state index contributed by atoms with van der Waals surface area (Å²) in [5, 5.41) is 4.53. The predicted molar refractivity (Wildman–Crippen MR) is 120 cm³/mol. The molecule has 1 saturated heterocycles. The number of rotatable bonds is 8. The van der Waals surface area contributed by atoms with E-state index in [4.69, 9.17) is 0 Å². The molecular formula is C19H24N2O3S4. The summed E-state index contributed by atoms with van der Waals surface area (Å²) in [6.07, 6.45) is 0. The Bertz CT molecular complexity index is 888. The highest BCUT2D eigenvalue weighted by Gasteiger charge is 2.31. The Morgan fingerprint density at radius 3 is 2.61 bits per heavy atom. The predicted octanol–water partition coefficient (Wildman–Crippen LogP) is 3.46. The monoisotopic (exact) mass is 456 g/mol. The van der Waals surface area contributed by atoms with Crippen LogP contribution in [0.4, 0.5) is 0 Å². The van der Waals surface area contributed by atoms with Crippen molar-refractivity contribution in [3.63, 3.8) is 0 Å². The Morgan fingerprint density at radius 2 is 1.89 bits per heavy atom. The van der Waals surface area contributed by atoms with Gasteiger partial charge in [0.2, 0.25) is 10.0 Å². The van der Waals surface area contributed by atoms with E-state index in [-0.39, 0.29) is 15.7 Å². The van der Waals surface area contributed by atoms with Gasteiger partial charge >= 0.3 is 0 Å². The van der Waals surface area contributed by atoms with Crippen LogP contribution in [0.5, 0.6) is 0 Å². The molecule has 28 heavy (non-hydrogen) atoms. The number of carbonyl (C=O) groups excluding carboxylic acids is 1. The topological polar surface area (TPSA) is 66.5 Å². The third-order valence-electron chi connectivity index (χ3n) is 4.34. The summed E-state index contributed by atoms with van der Waals surface area (Å²) >= 11 is 4.68. The number of hydrogen-bond donors (Lipinski definition) is 1. The van der Waals surface area contributed by atoms with Gasteiger partial charge in [-0.05, 0) is 23.9 Å². The lowest BCUT2D eigenvalue weighted by atomic mass is 10.2. The summed E-state index contributed by atoms with van der Waals surface area (Å²) in [4.78, 5) is 12.9. The third kappa shape index (κ3) is 5.54. The number of nitrogens with zero attached hydrogens (tertiary/aromatic N) is 1. The fourth-order valence-corrected chi connectivity index (χ4v) is 7.50. The lowest BCUT2D eigenvalue weighted by Gasteiger charge is -2.25. The van der Waals surface area contributed by atoms with E-state index in [9.17, 15) is 13.2 Å². The van der Waals surface area contributed by atoms with E-state index in [1.165, 1.54) is 26.8 Å². The Kier molecular flexibility index (Phi) is 7.87. The van der Waals surface area contributed by atoms with Crippen molar-refractivity contribution in [2.24, 2.45) is 0 Å². The molecule has 2 heterocycles. The van der Waals surface area contributed by atoms with E-state index in [1.54, 1.807) is 35.0 Å². The number of thioether (sulfide) groups is 2. The third-order valence-corrected chi connectivity index (χ3v) is 9.30. The second-order valence-electron chi connectivity index (χ2n) is 6.42. The molecule has 1 aliphatic rings. The first kappa shape index (κ1) is 21.7. The van der Waals surface area contributed by atoms with Crippen molar-refractivity contribution in [1.29, 1.82) is 0 Å². The maximum Gasteiger partial charge on any atom is 0.262 e. The standard InChI is InChI=1S/C19H24N2O3S4/c1-15-2-4-16(5-3-15)14-26-11-7-20-19(22)18-17(6-10-27-18)28(23,24)21-8-12-25-13-9-21/h2-6,10H,7-9,11-14H2,1H3,(H,20,22). The van der Waals surface area contributed by atoms with Crippen LogP contribution in [-0.2, 0) is 15.8 Å². The molecule has 0 saturated carbocycles. The molecule has 1 aliphatic heterocycles. The van der Waals surface area contributed by atoms with Gasteiger partial charge in [0.15, 0.2) is 0 Å². The van der Waals surface area contributed by atoms with Gasteiger partial charge in [0.25, 0.3) is 5.91 Å². The van der Waals surface area contributed by atoms with Gasteiger partial charge in [-0.2, -0.15) is 27.8 Å². The molecule has 1 aromatic heterocycles. The zero-order chi connectivity index (χ0) is 20.0. The summed E-state index contributed by atoms with van der Waals surface area (Å²) in [7, 11) is -3.60. The van der Waals surface area contributed by atoms with Gasteiger partial charge < -0.3 is 5.32 Å². The van der Waals surface area contributed by atoms with Crippen LogP contribution in [-0.4, -0.2) is 55.5 Å². The zero-order valence-electron chi connectivity index (χ0n) is 15.7. The quantitative estimate of drug-likeness (QED) is 0.616. The number of benzene rings is 1. The van der Waals surface area contributed by atoms with Crippen LogP contribution in [0.15, 0.2) is 40.6 Å². The van der Waals surface area contributed by atoms with Crippen LogP contribution in [0.3, 0.4) is 0 Å². The summed E-state index contributed by atoms with van der Waals surface area (Å²) < 4.78 is 27.2. The van der Waals surface area contributed by atoms with Crippen molar-refractivity contribution >= 4 is 50.8 Å². The summed E-state index contributed by atoms with van der Waals surface area (Å²) in [6.45, 7) is 3.57. The first-order valence-electron chi connectivity index (χ1n) is 9.05. The number of carbonyl (C=O) groups is 1. The minimum absolute atomic E-state index is 0.134. The second-order valence-corrected chi connectivity index (χ2v) is 11.6. The van der Waals surface area contributed by atoms with Gasteiger partial charge in [0.1, 0.15) is 9.77 Å². The number of hydrogen-bond acceptors (Lipinski definition) is 6. The molecule has 0 bridgehead atoms. The molecule has 1 N–H and O–H groups in total. The molecule has 0 aliphatic carbocycles. The first-order chi connectivity index (χ1) is 13.5. The van der Waals surface area contributed by atoms with Gasteiger partial charge in [-0.1, -0.05) is 29.8 Å². The Labute approximate surface area is 179 Å². The number of amides is 1. The van der Waals surface area contributed by atoms with Crippen molar-refractivity contribution in [2.75, 3.05) is 36.9 Å². The largest absolute Gasteiger partial charge is 0.350 e. The molecule has 5 nitrogen and oxygen atoms in total. The molecule has 9 heteroatoms. The maximum absolute atomic E-state index is 12.9. The van der Waals surface area contributed by atoms with Crippen molar-refractivity contribution in [3.8, 4) is 0 Å². The zero-order valence-corrected chi connectivity index (χ0v) is 19.0. The van der Waals surface area contributed by atoms with Crippen molar-refractivity contribution in [3.05, 3.63) is 51.7 Å². The molecule has 0 unspecified atom stereocenters. The van der Waals surface area contributed by atoms with Gasteiger partial charge in [-0.3, -0.25) is 4.79 Å². The SMILES string of the molecule is Cc1ccc(CSCCNC(=O)c2sccc2S(=O)(=O)N2CCSCC2)cc1. The average Bonchev–Trinajstić information content (AvgIpc) is 3.21. The van der Waals surface area contributed by atoms with E-state index in [2.05, 4.69) is 36.5 Å². The highest BCUT2D eigenvalue weighted by Crippen LogP contribution is 2.27. The highest BCUT2D eigenvalue weighted by atomic mass is 32.2. The number of thiophene rings is 1. The maximum atomic E-state index is 12.9. The van der Waals surface area contributed by atoms with Gasteiger partial charge in [0.05, 0.1) is 0 Å². The van der Waals surface area contributed by atoms with Crippen LogP contribution in [0, 0.1) is 6.92 Å². The van der Waals surface area contributed by atoms with Crippen molar-refractivity contribution < 1.29 is 13.2 Å². The average molecular weight is 457 g/mol. The molecule has 3 rings (SSSR count). The lowest BCUT2D eigenvalue weighted by molar-refractivity contribution is 0.0957. The molecule has 152 valence electrons. The fourth-order valence-electron chi connectivity index (χ4n) is 2.78. The summed E-state index contributed by atoms with van der Waals surface area (Å²) in [5.74, 6) is 2.94. The summed E-state index contributed by atoms with van der Waals surface area (Å²) in [6, 6.07) is 9.96. The van der Waals surface area contributed by atoms with E-state index in [0.29, 0.717) is 19.6 Å².